The van der Waals surface area contributed by atoms with Crippen LogP contribution in [0.5, 0.6) is 17.2 Å². The summed E-state index contributed by atoms with van der Waals surface area (Å²) in [5.41, 5.74) is 0.792. The minimum Gasteiger partial charge on any atom is -0.508 e. The molecule has 100 valence electrons. The second-order valence-electron chi connectivity index (χ2n) is 3.82. The SMILES string of the molecule is Cc1cc(O)ccc1C(=O)O.Oc1ccc(O)cc1. The van der Waals surface area contributed by atoms with Gasteiger partial charge in [0.15, 0.2) is 0 Å². The molecular formula is C14H14O5. The van der Waals surface area contributed by atoms with Gasteiger partial charge < -0.3 is 20.4 Å². The molecule has 0 aliphatic rings. The number of aromatic hydroxyl groups is 3. The van der Waals surface area contributed by atoms with Crippen LogP contribution in [-0.2, 0) is 0 Å². The average Bonchev–Trinajstić information content (AvgIpc) is 2.33. The van der Waals surface area contributed by atoms with E-state index in [0.29, 0.717) is 5.56 Å². The fourth-order valence-corrected chi connectivity index (χ4v) is 1.34. The van der Waals surface area contributed by atoms with Crippen LogP contribution in [0.25, 0.3) is 0 Å². The molecule has 5 nitrogen and oxygen atoms in total. The number of carboxylic acid groups (broad SMARTS) is 1. The van der Waals surface area contributed by atoms with E-state index in [2.05, 4.69) is 0 Å². The second kappa shape index (κ2) is 6.30. The van der Waals surface area contributed by atoms with Gasteiger partial charge in [-0.25, -0.2) is 4.79 Å². The molecule has 0 amide bonds. The Balaban J connectivity index is 0.000000200. The van der Waals surface area contributed by atoms with E-state index in [0.717, 1.165) is 0 Å². The van der Waals surface area contributed by atoms with Crippen molar-refractivity contribution in [3.63, 3.8) is 0 Å². The second-order valence-corrected chi connectivity index (χ2v) is 3.82. The van der Waals surface area contributed by atoms with Gasteiger partial charge in [-0.3, -0.25) is 0 Å². The van der Waals surface area contributed by atoms with Crippen LogP contribution in [0.2, 0.25) is 0 Å². The summed E-state index contributed by atoms with van der Waals surface area (Å²) in [6.45, 7) is 1.64. The van der Waals surface area contributed by atoms with Crippen molar-refractivity contribution < 1.29 is 25.2 Å². The van der Waals surface area contributed by atoms with Crippen molar-refractivity contribution in [2.45, 2.75) is 6.92 Å². The van der Waals surface area contributed by atoms with Crippen LogP contribution in [0.3, 0.4) is 0 Å². The van der Waals surface area contributed by atoms with Crippen molar-refractivity contribution in [3.8, 4) is 17.2 Å². The van der Waals surface area contributed by atoms with Gasteiger partial charge in [0.1, 0.15) is 17.2 Å². The van der Waals surface area contributed by atoms with Crippen LogP contribution in [0.15, 0.2) is 42.5 Å². The van der Waals surface area contributed by atoms with Gasteiger partial charge in [0.05, 0.1) is 5.56 Å². The quantitative estimate of drug-likeness (QED) is 0.592. The standard InChI is InChI=1S/C8H8O3.C6H6O2/c1-5-4-6(9)2-3-7(5)8(10)11;7-5-1-2-6(8)4-3-5/h2-4,9H,1H3,(H,10,11);1-4,7-8H. The molecule has 0 heterocycles. The van der Waals surface area contributed by atoms with Gasteiger partial charge in [-0.15, -0.1) is 0 Å². The van der Waals surface area contributed by atoms with E-state index in [1.807, 2.05) is 0 Å². The van der Waals surface area contributed by atoms with E-state index in [4.69, 9.17) is 20.4 Å². The van der Waals surface area contributed by atoms with Crippen LogP contribution in [0.1, 0.15) is 15.9 Å². The van der Waals surface area contributed by atoms with Crippen LogP contribution >= 0.6 is 0 Å². The Morgan fingerprint density at radius 3 is 1.63 bits per heavy atom. The smallest absolute Gasteiger partial charge is 0.335 e. The summed E-state index contributed by atoms with van der Waals surface area (Å²) in [6, 6.07) is 9.86. The number of hydrogen-bond acceptors (Lipinski definition) is 4. The number of aryl methyl sites for hydroxylation is 1. The molecule has 19 heavy (non-hydrogen) atoms. The van der Waals surface area contributed by atoms with Crippen molar-refractivity contribution in [2.24, 2.45) is 0 Å². The summed E-state index contributed by atoms with van der Waals surface area (Å²) in [5.74, 6) is -0.541. The lowest BCUT2D eigenvalue weighted by Gasteiger charge is -1.99. The molecule has 0 atom stereocenters. The minimum absolute atomic E-state index is 0.0903. The average molecular weight is 262 g/mol. The van der Waals surface area contributed by atoms with E-state index >= 15 is 0 Å². The van der Waals surface area contributed by atoms with Crippen LogP contribution < -0.4 is 0 Å². The molecule has 0 spiro atoms. The number of phenols is 3. The fraction of sp³-hybridized carbons (Fsp3) is 0.0714. The number of hydrogen-bond donors (Lipinski definition) is 4. The molecule has 0 saturated carbocycles. The highest BCUT2D eigenvalue weighted by Gasteiger charge is 2.05. The summed E-state index contributed by atoms with van der Waals surface area (Å²) >= 11 is 0. The van der Waals surface area contributed by atoms with E-state index in [9.17, 15) is 4.79 Å². The molecule has 5 heteroatoms. The van der Waals surface area contributed by atoms with E-state index in [1.165, 1.54) is 42.5 Å². The Bertz CT molecular complexity index is 540. The minimum atomic E-state index is -0.970. The Kier molecular flexibility index (Phi) is 4.76. The zero-order valence-corrected chi connectivity index (χ0v) is 10.2. The van der Waals surface area contributed by atoms with Crippen molar-refractivity contribution in [1.82, 2.24) is 0 Å². The molecule has 2 aromatic carbocycles. The van der Waals surface area contributed by atoms with Crippen molar-refractivity contribution in [2.75, 3.05) is 0 Å². The monoisotopic (exact) mass is 262 g/mol. The molecular weight excluding hydrogens is 248 g/mol. The number of carboxylic acids is 1. The lowest BCUT2D eigenvalue weighted by Crippen LogP contribution is -1.98. The Morgan fingerprint density at radius 1 is 0.842 bits per heavy atom. The van der Waals surface area contributed by atoms with Crippen LogP contribution in [-0.4, -0.2) is 26.4 Å². The van der Waals surface area contributed by atoms with Gasteiger partial charge in [-0.2, -0.15) is 0 Å². The maximum atomic E-state index is 10.5. The van der Waals surface area contributed by atoms with E-state index in [-0.39, 0.29) is 22.8 Å². The number of aromatic carboxylic acids is 1. The maximum absolute atomic E-state index is 10.5. The third-order valence-corrected chi connectivity index (χ3v) is 2.29. The molecule has 0 unspecified atom stereocenters. The van der Waals surface area contributed by atoms with Crippen molar-refractivity contribution in [1.29, 1.82) is 0 Å². The van der Waals surface area contributed by atoms with E-state index in [1.54, 1.807) is 6.92 Å². The Labute approximate surface area is 110 Å². The fourth-order valence-electron chi connectivity index (χ4n) is 1.34. The Morgan fingerprint density at radius 2 is 1.26 bits per heavy atom. The molecule has 2 aromatic rings. The summed E-state index contributed by atoms with van der Waals surface area (Å²) in [4.78, 5) is 10.5. The molecule has 4 N–H and O–H groups in total. The van der Waals surface area contributed by atoms with Crippen molar-refractivity contribution in [3.05, 3.63) is 53.6 Å². The summed E-state index contributed by atoms with van der Waals surface area (Å²) in [5, 5.41) is 34.8. The highest BCUT2D eigenvalue weighted by molar-refractivity contribution is 5.89. The predicted molar refractivity (Wildman–Crippen MR) is 69.6 cm³/mol. The molecule has 2 rings (SSSR count). The zero-order chi connectivity index (χ0) is 14.4. The highest BCUT2D eigenvalue weighted by Crippen LogP contribution is 2.15. The van der Waals surface area contributed by atoms with Gasteiger partial charge >= 0.3 is 5.97 Å². The highest BCUT2D eigenvalue weighted by atomic mass is 16.4. The number of carbonyl (C=O) groups is 1. The molecule has 0 radical (unpaired) electrons. The lowest BCUT2D eigenvalue weighted by atomic mass is 10.1. The number of rotatable bonds is 1. The van der Waals surface area contributed by atoms with E-state index < -0.39 is 5.97 Å². The van der Waals surface area contributed by atoms with Gasteiger partial charge in [0.2, 0.25) is 0 Å². The third kappa shape index (κ3) is 4.59. The predicted octanol–water partition coefficient (Wildman–Crippen LogP) is 2.50. The van der Waals surface area contributed by atoms with Crippen LogP contribution in [0.4, 0.5) is 0 Å². The molecule has 0 fully saturated rings. The van der Waals surface area contributed by atoms with Gasteiger partial charge in [0.25, 0.3) is 0 Å². The summed E-state index contributed by atoms with van der Waals surface area (Å²) in [6.07, 6.45) is 0. The zero-order valence-electron chi connectivity index (χ0n) is 10.2. The van der Waals surface area contributed by atoms with Gasteiger partial charge in [-0.05, 0) is 55.0 Å². The summed E-state index contributed by atoms with van der Waals surface area (Å²) < 4.78 is 0. The molecule has 0 aliphatic heterocycles. The van der Waals surface area contributed by atoms with Gasteiger partial charge in [-0.1, -0.05) is 0 Å². The third-order valence-electron chi connectivity index (χ3n) is 2.29. The topological polar surface area (TPSA) is 98.0 Å². The number of phenolic OH excluding ortho intramolecular Hbond substituents is 3. The number of benzene rings is 2. The lowest BCUT2D eigenvalue weighted by molar-refractivity contribution is 0.0696. The Hall–Kier alpha value is -2.69. The summed E-state index contributed by atoms with van der Waals surface area (Å²) in [7, 11) is 0. The molecule has 0 aliphatic carbocycles. The maximum Gasteiger partial charge on any atom is 0.335 e. The normalized spacial score (nSPS) is 9.32. The van der Waals surface area contributed by atoms with Crippen molar-refractivity contribution >= 4 is 5.97 Å². The van der Waals surface area contributed by atoms with Gasteiger partial charge in [0, 0.05) is 0 Å². The molecule has 0 saturated heterocycles. The first kappa shape index (κ1) is 14.4. The van der Waals surface area contributed by atoms with Crippen LogP contribution in [0, 0.1) is 6.92 Å². The molecule has 0 bridgehead atoms. The first-order valence-electron chi connectivity index (χ1n) is 5.41. The largest absolute Gasteiger partial charge is 0.508 e. The first-order chi connectivity index (χ1) is 8.90. The molecule has 0 aromatic heterocycles. The first-order valence-corrected chi connectivity index (χ1v) is 5.41.